The number of nitrogen functional groups attached to an aromatic ring is 1. The summed E-state index contributed by atoms with van der Waals surface area (Å²) in [7, 11) is -1.84. The van der Waals surface area contributed by atoms with Crippen LogP contribution in [0.3, 0.4) is 0 Å². The Hall–Kier alpha value is -1.07. The number of rotatable bonds is 5. The van der Waals surface area contributed by atoms with Crippen molar-refractivity contribution >= 4 is 15.7 Å². The summed E-state index contributed by atoms with van der Waals surface area (Å²) in [6.45, 7) is 7.69. The fourth-order valence-corrected chi connectivity index (χ4v) is 4.11. The van der Waals surface area contributed by atoms with E-state index in [4.69, 9.17) is 5.73 Å². The van der Waals surface area contributed by atoms with Crippen molar-refractivity contribution in [1.29, 1.82) is 0 Å². The van der Waals surface area contributed by atoms with Gasteiger partial charge in [-0.25, -0.2) is 8.42 Å². The minimum absolute atomic E-state index is 0.0196. The third-order valence-corrected chi connectivity index (χ3v) is 5.79. The zero-order valence-electron chi connectivity index (χ0n) is 12.4. The fraction of sp³-hybridized carbons (Fsp3) is 0.571. The van der Waals surface area contributed by atoms with Crippen LogP contribution in [0.4, 0.5) is 5.69 Å². The van der Waals surface area contributed by atoms with Crippen LogP contribution in [0.5, 0.6) is 0 Å². The van der Waals surface area contributed by atoms with E-state index in [0.717, 1.165) is 24.0 Å². The lowest BCUT2D eigenvalue weighted by Crippen LogP contribution is -2.36. The number of hydrogen-bond donors (Lipinski definition) is 1. The molecule has 0 heterocycles. The average molecular weight is 284 g/mol. The van der Waals surface area contributed by atoms with Crippen molar-refractivity contribution in [1.82, 2.24) is 4.31 Å². The highest BCUT2D eigenvalue weighted by Gasteiger charge is 2.28. The van der Waals surface area contributed by atoms with Crippen LogP contribution in [-0.2, 0) is 10.0 Å². The molecule has 0 aromatic heterocycles. The van der Waals surface area contributed by atoms with Gasteiger partial charge in [0.25, 0.3) is 0 Å². The highest BCUT2D eigenvalue weighted by Crippen LogP contribution is 2.26. The predicted octanol–water partition coefficient (Wildman–Crippen LogP) is 2.69. The first-order chi connectivity index (χ1) is 8.75. The number of anilines is 1. The molecule has 5 heteroatoms. The third-order valence-electron chi connectivity index (χ3n) is 3.76. The Balaban J connectivity index is 3.35. The summed E-state index contributed by atoms with van der Waals surface area (Å²) < 4.78 is 26.8. The van der Waals surface area contributed by atoms with E-state index >= 15 is 0 Å². The second-order valence-electron chi connectivity index (χ2n) is 4.95. The van der Waals surface area contributed by atoms with Gasteiger partial charge in [0.15, 0.2) is 0 Å². The first kappa shape index (κ1) is 16.0. The molecule has 0 aliphatic carbocycles. The largest absolute Gasteiger partial charge is 0.399 e. The molecule has 0 aliphatic heterocycles. The maximum absolute atomic E-state index is 12.7. The maximum Gasteiger partial charge on any atom is 0.243 e. The summed E-state index contributed by atoms with van der Waals surface area (Å²) in [6.07, 6.45) is 1.60. The van der Waals surface area contributed by atoms with E-state index in [1.54, 1.807) is 19.2 Å². The van der Waals surface area contributed by atoms with Gasteiger partial charge >= 0.3 is 0 Å². The third kappa shape index (κ3) is 3.09. The van der Waals surface area contributed by atoms with Crippen LogP contribution in [0.1, 0.15) is 37.8 Å². The lowest BCUT2D eigenvalue weighted by atomic mass is 10.1. The molecule has 0 saturated carbocycles. The molecule has 0 bridgehead atoms. The Morgan fingerprint density at radius 1 is 1.21 bits per heavy atom. The van der Waals surface area contributed by atoms with Crippen molar-refractivity contribution in [3.8, 4) is 0 Å². The summed E-state index contributed by atoms with van der Waals surface area (Å²) in [5, 5.41) is 0. The molecule has 4 nitrogen and oxygen atoms in total. The molecule has 1 aromatic carbocycles. The summed E-state index contributed by atoms with van der Waals surface area (Å²) in [4.78, 5) is 0.319. The summed E-state index contributed by atoms with van der Waals surface area (Å²) in [6, 6.07) is 3.37. The van der Waals surface area contributed by atoms with Gasteiger partial charge in [0.05, 0.1) is 4.90 Å². The standard InChI is InChI=1S/C14H24N2O2S/c1-6-13(7-2)16(5)19(17,18)14-9-12(15)8-10(3)11(14)4/h8-9,13H,6-7,15H2,1-5H3. The van der Waals surface area contributed by atoms with E-state index in [0.29, 0.717) is 10.6 Å². The zero-order chi connectivity index (χ0) is 14.8. The van der Waals surface area contributed by atoms with Crippen molar-refractivity contribution in [3.63, 3.8) is 0 Å². The van der Waals surface area contributed by atoms with Crippen molar-refractivity contribution in [3.05, 3.63) is 23.3 Å². The van der Waals surface area contributed by atoms with Crippen molar-refractivity contribution in [2.45, 2.75) is 51.5 Å². The Bertz CT molecular complexity index is 549. The van der Waals surface area contributed by atoms with Gasteiger partial charge in [-0.3, -0.25) is 0 Å². The van der Waals surface area contributed by atoms with Crippen LogP contribution in [0.15, 0.2) is 17.0 Å². The molecule has 19 heavy (non-hydrogen) atoms. The van der Waals surface area contributed by atoms with Crippen LogP contribution in [0.2, 0.25) is 0 Å². The molecule has 1 aromatic rings. The minimum Gasteiger partial charge on any atom is -0.399 e. The molecule has 0 spiro atoms. The molecule has 0 radical (unpaired) electrons. The molecule has 108 valence electrons. The zero-order valence-corrected chi connectivity index (χ0v) is 13.2. The van der Waals surface area contributed by atoms with Crippen LogP contribution in [0.25, 0.3) is 0 Å². The van der Waals surface area contributed by atoms with E-state index in [2.05, 4.69) is 0 Å². The molecule has 0 amide bonds. The summed E-state index contributed by atoms with van der Waals surface area (Å²) in [5.41, 5.74) is 7.94. The molecule has 0 fully saturated rings. The fourth-order valence-electron chi connectivity index (χ4n) is 2.28. The maximum atomic E-state index is 12.7. The van der Waals surface area contributed by atoms with E-state index in [1.807, 2.05) is 27.7 Å². The predicted molar refractivity (Wildman–Crippen MR) is 79.6 cm³/mol. The van der Waals surface area contributed by atoms with E-state index < -0.39 is 10.0 Å². The minimum atomic E-state index is -3.48. The lowest BCUT2D eigenvalue weighted by molar-refractivity contribution is 0.349. The Labute approximate surface area is 116 Å². The number of aryl methyl sites for hydroxylation is 1. The molecular formula is C14H24N2O2S. The topological polar surface area (TPSA) is 63.4 Å². The highest BCUT2D eigenvalue weighted by molar-refractivity contribution is 7.89. The lowest BCUT2D eigenvalue weighted by Gasteiger charge is -2.26. The number of nitrogens with zero attached hydrogens (tertiary/aromatic N) is 1. The first-order valence-corrected chi connectivity index (χ1v) is 8.04. The highest BCUT2D eigenvalue weighted by atomic mass is 32.2. The monoisotopic (exact) mass is 284 g/mol. The molecular weight excluding hydrogens is 260 g/mol. The molecule has 0 unspecified atom stereocenters. The first-order valence-electron chi connectivity index (χ1n) is 6.60. The number of nitrogens with two attached hydrogens (primary N) is 1. The van der Waals surface area contributed by atoms with E-state index in [1.165, 1.54) is 4.31 Å². The molecule has 0 saturated heterocycles. The second kappa shape index (κ2) is 5.92. The summed E-state index contributed by atoms with van der Waals surface area (Å²) in [5.74, 6) is 0. The van der Waals surface area contributed by atoms with Crippen LogP contribution in [-0.4, -0.2) is 25.8 Å². The Kier molecular flexibility index (Phi) is 4.98. The average Bonchev–Trinajstić information content (AvgIpc) is 2.34. The molecule has 2 N–H and O–H groups in total. The van der Waals surface area contributed by atoms with E-state index in [-0.39, 0.29) is 6.04 Å². The number of sulfonamides is 1. The van der Waals surface area contributed by atoms with Gasteiger partial charge in [0, 0.05) is 18.8 Å². The number of benzene rings is 1. The van der Waals surface area contributed by atoms with Crippen LogP contribution in [0, 0.1) is 13.8 Å². The number of hydrogen-bond acceptors (Lipinski definition) is 3. The van der Waals surface area contributed by atoms with Gasteiger partial charge in [-0.05, 0) is 49.9 Å². The Morgan fingerprint density at radius 2 is 1.74 bits per heavy atom. The van der Waals surface area contributed by atoms with Crippen molar-refractivity contribution in [2.24, 2.45) is 0 Å². The normalized spacial score (nSPS) is 12.4. The quantitative estimate of drug-likeness (QED) is 0.846. The van der Waals surface area contributed by atoms with Gasteiger partial charge < -0.3 is 5.73 Å². The van der Waals surface area contributed by atoms with Gasteiger partial charge in [-0.2, -0.15) is 4.31 Å². The van der Waals surface area contributed by atoms with Crippen molar-refractivity contribution in [2.75, 3.05) is 12.8 Å². The smallest absolute Gasteiger partial charge is 0.243 e. The van der Waals surface area contributed by atoms with Crippen LogP contribution < -0.4 is 5.73 Å². The summed E-state index contributed by atoms with van der Waals surface area (Å²) >= 11 is 0. The SMILES string of the molecule is CCC(CC)N(C)S(=O)(=O)c1cc(N)cc(C)c1C. The molecule has 0 aliphatic rings. The van der Waals surface area contributed by atoms with Gasteiger partial charge in [-0.15, -0.1) is 0 Å². The second-order valence-corrected chi connectivity index (χ2v) is 6.92. The van der Waals surface area contributed by atoms with Gasteiger partial charge in [0.2, 0.25) is 10.0 Å². The molecule has 0 atom stereocenters. The van der Waals surface area contributed by atoms with Crippen molar-refractivity contribution < 1.29 is 8.42 Å². The van der Waals surface area contributed by atoms with Gasteiger partial charge in [0.1, 0.15) is 0 Å². The van der Waals surface area contributed by atoms with Crippen LogP contribution >= 0.6 is 0 Å². The molecule has 1 rings (SSSR count). The van der Waals surface area contributed by atoms with Gasteiger partial charge in [-0.1, -0.05) is 13.8 Å². The van der Waals surface area contributed by atoms with E-state index in [9.17, 15) is 8.42 Å². The Morgan fingerprint density at radius 3 is 2.21 bits per heavy atom.